The zero-order valence-electron chi connectivity index (χ0n) is 17.7. The van der Waals surface area contributed by atoms with E-state index in [0.717, 1.165) is 39.4 Å². The summed E-state index contributed by atoms with van der Waals surface area (Å²) in [7, 11) is 0. The molecule has 0 radical (unpaired) electrons. The number of rotatable bonds is 8. The number of thioether (sulfide) groups is 1. The van der Waals surface area contributed by atoms with Gasteiger partial charge in [0.2, 0.25) is 5.82 Å². The summed E-state index contributed by atoms with van der Waals surface area (Å²) >= 11 is 4.55. The Hall–Kier alpha value is -3.83. The monoisotopic (exact) mass is 555 g/mol. The second-order valence-corrected chi connectivity index (χ2v) is 9.25. The first-order valence-corrected chi connectivity index (χ1v) is 11.8. The maximum absolute atomic E-state index is 13.8. The quantitative estimate of drug-likeness (QED) is 0.114. The summed E-state index contributed by atoms with van der Waals surface area (Å²) in [5, 5.41) is 20.2. The summed E-state index contributed by atoms with van der Waals surface area (Å²) in [5.41, 5.74) is 1.39. The number of hydrogen-bond donors (Lipinski definition) is 2. The van der Waals surface area contributed by atoms with Crippen molar-refractivity contribution in [2.45, 2.75) is 5.75 Å². The SMILES string of the molecule is O=C(O)c1ccc(C(=O)/C(=C\c2ccc(F)c([N+](=O)[O-])c2)SCc2nc3ccc(Br)cc3[nH]2)cc1. The zero-order valence-corrected chi connectivity index (χ0v) is 20.1. The van der Waals surface area contributed by atoms with E-state index in [1.54, 1.807) is 0 Å². The zero-order chi connectivity index (χ0) is 25.1. The van der Waals surface area contributed by atoms with Crippen LogP contribution in [0.2, 0.25) is 0 Å². The van der Waals surface area contributed by atoms with Crippen LogP contribution in [-0.4, -0.2) is 31.8 Å². The van der Waals surface area contributed by atoms with Crippen molar-refractivity contribution < 1.29 is 24.0 Å². The first-order valence-electron chi connectivity index (χ1n) is 10.0. The first-order chi connectivity index (χ1) is 16.7. The van der Waals surface area contributed by atoms with Gasteiger partial charge in [-0.15, -0.1) is 11.8 Å². The molecule has 0 saturated carbocycles. The van der Waals surface area contributed by atoms with Gasteiger partial charge in [0, 0.05) is 16.1 Å². The molecule has 0 unspecified atom stereocenters. The number of hydrogen-bond acceptors (Lipinski definition) is 6. The third kappa shape index (κ3) is 5.64. The molecule has 0 spiro atoms. The average molecular weight is 556 g/mol. The van der Waals surface area contributed by atoms with Gasteiger partial charge in [-0.3, -0.25) is 14.9 Å². The number of imidazole rings is 1. The Morgan fingerprint density at radius 3 is 2.51 bits per heavy atom. The molecule has 1 heterocycles. The number of allylic oxidation sites excluding steroid dienone is 1. The van der Waals surface area contributed by atoms with Gasteiger partial charge in [0.05, 0.1) is 32.2 Å². The number of carboxylic acids is 1. The van der Waals surface area contributed by atoms with Gasteiger partial charge in [0.1, 0.15) is 5.82 Å². The van der Waals surface area contributed by atoms with E-state index in [2.05, 4.69) is 25.9 Å². The van der Waals surface area contributed by atoms with Crippen molar-refractivity contribution in [3.8, 4) is 0 Å². The van der Waals surface area contributed by atoms with Gasteiger partial charge in [0.15, 0.2) is 5.78 Å². The van der Waals surface area contributed by atoms with Crippen molar-refractivity contribution in [1.82, 2.24) is 9.97 Å². The van der Waals surface area contributed by atoms with Crippen LogP contribution >= 0.6 is 27.7 Å². The molecule has 4 aromatic rings. The molecule has 8 nitrogen and oxygen atoms in total. The molecule has 0 atom stereocenters. The fourth-order valence-electron chi connectivity index (χ4n) is 3.24. The fourth-order valence-corrected chi connectivity index (χ4v) is 4.50. The Morgan fingerprint density at radius 1 is 1.11 bits per heavy atom. The molecule has 4 rings (SSSR count). The number of aromatic carboxylic acids is 1. The highest BCUT2D eigenvalue weighted by Gasteiger charge is 2.18. The van der Waals surface area contributed by atoms with Crippen LogP contribution in [0.1, 0.15) is 32.1 Å². The van der Waals surface area contributed by atoms with Crippen molar-refractivity contribution in [2.24, 2.45) is 0 Å². The largest absolute Gasteiger partial charge is 0.478 e. The number of fused-ring (bicyclic) bond motifs is 1. The minimum Gasteiger partial charge on any atom is -0.478 e. The lowest BCUT2D eigenvalue weighted by Gasteiger charge is -2.07. The van der Waals surface area contributed by atoms with Crippen LogP contribution in [0.15, 0.2) is 70.0 Å². The highest BCUT2D eigenvalue weighted by molar-refractivity contribution is 9.10. The van der Waals surface area contributed by atoms with Crippen LogP contribution in [-0.2, 0) is 5.75 Å². The number of carboxylic acid groups (broad SMARTS) is 1. The van der Waals surface area contributed by atoms with E-state index in [-0.39, 0.29) is 27.3 Å². The van der Waals surface area contributed by atoms with Crippen LogP contribution in [0.5, 0.6) is 0 Å². The predicted molar refractivity (Wildman–Crippen MR) is 134 cm³/mol. The van der Waals surface area contributed by atoms with Crippen LogP contribution in [0.4, 0.5) is 10.1 Å². The average Bonchev–Trinajstić information content (AvgIpc) is 3.24. The van der Waals surface area contributed by atoms with E-state index < -0.39 is 28.2 Å². The number of aromatic nitrogens is 2. The van der Waals surface area contributed by atoms with E-state index >= 15 is 0 Å². The number of ketones is 1. The third-order valence-corrected chi connectivity index (χ3v) is 6.47. The van der Waals surface area contributed by atoms with Crippen molar-refractivity contribution >= 4 is 62.2 Å². The molecule has 0 bridgehead atoms. The van der Waals surface area contributed by atoms with Gasteiger partial charge in [-0.25, -0.2) is 9.78 Å². The molecule has 0 aliphatic heterocycles. The number of halogens is 2. The molecule has 1 aromatic heterocycles. The maximum atomic E-state index is 13.8. The van der Waals surface area contributed by atoms with Gasteiger partial charge < -0.3 is 10.1 Å². The third-order valence-electron chi connectivity index (χ3n) is 4.94. The van der Waals surface area contributed by atoms with E-state index in [1.165, 1.54) is 36.4 Å². The van der Waals surface area contributed by atoms with Crippen molar-refractivity contribution in [1.29, 1.82) is 0 Å². The van der Waals surface area contributed by atoms with E-state index in [9.17, 15) is 24.1 Å². The summed E-state index contributed by atoms with van der Waals surface area (Å²) in [6.45, 7) is 0. The van der Waals surface area contributed by atoms with Crippen LogP contribution < -0.4 is 0 Å². The minimum absolute atomic E-state index is 0.0299. The summed E-state index contributed by atoms with van der Waals surface area (Å²) in [5.74, 6) is -1.64. The predicted octanol–water partition coefficient (Wildman–Crippen LogP) is 6.23. The number of aromatic amines is 1. The van der Waals surface area contributed by atoms with Gasteiger partial charge >= 0.3 is 11.7 Å². The topological polar surface area (TPSA) is 126 Å². The fraction of sp³-hybridized carbons (Fsp3) is 0.0417. The number of nitrogens with zero attached hydrogens (tertiary/aromatic N) is 2. The Morgan fingerprint density at radius 2 is 1.83 bits per heavy atom. The lowest BCUT2D eigenvalue weighted by Crippen LogP contribution is -2.04. The van der Waals surface area contributed by atoms with Gasteiger partial charge in [-0.1, -0.05) is 34.1 Å². The van der Waals surface area contributed by atoms with Crippen molar-refractivity contribution in [3.63, 3.8) is 0 Å². The maximum Gasteiger partial charge on any atom is 0.335 e. The molecule has 2 N–H and O–H groups in total. The Labute approximate surface area is 210 Å². The number of carbonyl (C=O) groups is 2. The Balaban J connectivity index is 1.68. The standard InChI is InChI=1S/C24H15BrFN3O5S/c25-16-6-8-18-19(11-16)28-22(27-18)12-35-21(10-13-1-7-17(26)20(9-13)29(33)34)23(30)14-2-4-15(5-3-14)24(31)32/h1-11H,12H2,(H,27,28)(H,31,32)/b21-10+. The van der Waals surface area contributed by atoms with Crippen LogP contribution in [0.3, 0.4) is 0 Å². The molecule has 11 heteroatoms. The Bertz CT molecular complexity index is 1500. The molecule has 3 aromatic carbocycles. The first kappa shape index (κ1) is 24.3. The van der Waals surface area contributed by atoms with Crippen LogP contribution in [0.25, 0.3) is 17.1 Å². The van der Waals surface area contributed by atoms with Gasteiger partial charge in [-0.05, 0) is 48.0 Å². The second-order valence-electron chi connectivity index (χ2n) is 7.32. The smallest absolute Gasteiger partial charge is 0.335 e. The summed E-state index contributed by atoms with van der Waals surface area (Å²) in [6.07, 6.45) is 1.43. The number of nitro groups is 1. The second kappa shape index (κ2) is 10.2. The molecule has 0 aliphatic carbocycles. The molecule has 176 valence electrons. The summed E-state index contributed by atoms with van der Waals surface area (Å²) in [4.78, 5) is 42.6. The molecule has 0 saturated heterocycles. The molecule has 0 amide bonds. The number of Topliss-reactive ketones (excluding diaryl/α,β-unsaturated/α-hetero) is 1. The highest BCUT2D eigenvalue weighted by Crippen LogP contribution is 2.29. The van der Waals surface area contributed by atoms with E-state index in [1.807, 2.05) is 18.2 Å². The van der Waals surface area contributed by atoms with Crippen LogP contribution in [0, 0.1) is 15.9 Å². The highest BCUT2D eigenvalue weighted by atomic mass is 79.9. The number of carbonyl (C=O) groups excluding carboxylic acids is 1. The normalized spacial score (nSPS) is 11.5. The van der Waals surface area contributed by atoms with Gasteiger partial charge in [0.25, 0.3) is 0 Å². The number of nitrogens with one attached hydrogen (secondary N) is 1. The summed E-state index contributed by atoms with van der Waals surface area (Å²) < 4.78 is 14.7. The lowest BCUT2D eigenvalue weighted by atomic mass is 10.1. The Kier molecular flexibility index (Phi) is 7.08. The number of H-pyrrole nitrogens is 1. The van der Waals surface area contributed by atoms with Crippen molar-refractivity contribution in [2.75, 3.05) is 0 Å². The van der Waals surface area contributed by atoms with Crippen molar-refractivity contribution in [3.05, 3.63) is 108 Å². The van der Waals surface area contributed by atoms with E-state index in [0.29, 0.717) is 5.82 Å². The van der Waals surface area contributed by atoms with Gasteiger partial charge in [-0.2, -0.15) is 4.39 Å². The number of benzene rings is 3. The van der Waals surface area contributed by atoms with E-state index in [4.69, 9.17) is 5.11 Å². The molecule has 0 aliphatic rings. The molecular weight excluding hydrogens is 541 g/mol. The number of nitro benzene ring substituents is 1. The molecule has 35 heavy (non-hydrogen) atoms. The minimum atomic E-state index is -1.12. The lowest BCUT2D eigenvalue weighted by molar-refractivity contribution is -0.387. The summed E-state index contributed by atoms with van der Waals surface area (Å²) in [6, 6.07) is 14.4. The molecule has 0 fully saturated rings. The molecular formula is C24H15BrFN3O5S.